The number of benzene rings is 1. The van der Waals surface area contributed by atoms with Crippen molar-refractivity contribution in [3.8, 4) is 0 Å². The van der Waals surface area contributed by atoms with Gasteiger partial charge in [0.1, 0.15) is 0 Å². The first-order valence-corrected chi connectivity index (χ1v) is 10.3. The van der Waals surface area contributed by atoms with Gasteiger partial charge < -0.3 is 20.4 Å². The molecule has 0 aliphatic carbocycles. The summed E-state index contributed by atoms with van der Waals surface area (Å²) in [4.78, 5) is 9.44. The van der Waals surface area contributed by atoms with E-state index in [4.69, 9.17) is 0 Å². The molecule has 2 saturated heterocycles. The van der Waals surface area contributed by atoms with E-state index in [2.05, 4.69) is 56.6 Å². The lowest BCUT2D eigenvalue weighted by Gasteiger charge is -2.27. The molecule has 0 saturated carbocycles. The van der Waals surface area contributed by atoms with E-state index < -0.39 is 0 Å². The number of anilines is 1. The lowest BCUT2D eigenvalue weighted by atomic mass is 10.1. The number of hydrogen-bond acceptors (Lipinski definition) is 3. The molecule has 0 amide bonds. The quantitative estimate of drug-likeness (QED) is 0.367. The van der Waals surface area contributed by atoms with Gasteiger partial charge in [-0.1, -0.05) is 18.6 Å². The number of nitrogens with zero attached hydrogens (tertiary/aromatic N) is 3. The summed E-state index contributed by atoms with van der Waals surface area (Å²) >= 11 is 0. The highest BCUT2D eigenvalue weighted by Crippen LogP contribution is 2.23. The second kappa shape index (κ2) is 11.7. The van der Waals surface area contributed by atoms with Gasteiger partial charge in [-0.3, -0.25) is 4.99 Å². The van der Waals surface area contributed by atoms with Crippen LogP contribution in [0.1, 0.15) is 50.6 Å². The molecule has 1 aromatic rings. The fourth-order valence-electron chi connectivity index (χ4n) is 3.96. The Labute approximate surface area is 182 Å². The summed E-state index contributed by atoms with van der Waals surface area (Å²) in [5.41, 5.74) is 2.66. The van der Waals surface area contributed by atoms with Crippen molar-refractivity contribution >= 4 is 35.6 Å². The summed E-state index contributed by atoms with van der Waals surface area (Å²) in [6.45, 7) is 9.11. The van der Waals surface area contributed by atoms with Crippen LogP contribution < -0.4 is 15.5 Å². The predicted octanol–water partition coefficient (Wildman–Crippen LogP) is 3.62. The molecule has 1 unspecified atom stereocenters. The van der Waals surface area contributed by atoms with Crippen molar-refractivity contribution in [2.45, 2.75) is 45.1 Å². The number of halogens is 1. The van der Waals surface area contributed by atoms with Gasteiger partial charge >= 0.3 is 0 Å². The summed E-state index contributed by atoms with van der Waals surface area (Å²) in [7, 11) is 1.85. The SMILES string of the molecule is CN=C(NCCN1CCCCC1)NC(C)c1cccc(N2CCCC2)c1.I. The maximum Gasteiger partial charge on any atom is 0.191 e. The monoisotopic (exact) mass is 485 g/mol. The van der Waals surface area contributed by atoms with Gasteiger partial charge in [0.2, 0.25) is 0 Å². The van der Waals surface area contributed by atoms with Crippen molar-refractivity contribution in [3.05, 3.63) is 29.8 Å². The maximum atomic E-state index is 4.40. The third-order valence-electron chi connectivity index (χ3n) is 5.59. The minimum Gasteiger partial charge on any atom is -0.372 e. The van der Waals surface area contributed by atoms with Crippen molar-refractivity contribution in [2.75, 3.05) is 51.2 Å². The zero-order valence-corrected chi connectivity index (χ0v) is 19.2. The van der Waals surface area contributed by atoms with Crippen LogP contribution in [0, 0.1) is 0 Å². The third kappa shape index (κ3) is 6.82. The molecule has 2 heterocycles. The second-order valence-electron chi connectivity index (χ2n) is 7.56. The van der Waals surface area contributed by atoms with Crippen LogP contribution in [-0.4, -0.2) is 57.2 Å². The van der Waals surface area contributed by atoms with E-state index >= 15 is 0 Å². The molecule has 6 heteroatoms. The van der Waals surface area contributed by atoms with Gasteiger partial charge in [-0.15, -0.1) is 24.0 Å². The molecule has 1 atom stereocenters. The minimum atomic E-state index is 0. The molecule has 0 bridgehead atoms. The van der Waals surface area contributed by atoms with Gasteiger partial charge in [0.15, 0.2) is 5.96 Å². The summed E-state index contributed by atoms with van der Waals surface area (Å²) in [6.07, 6.45) is 6.70. The Hall–Kier alpha value is -1.02. The smallest absolute Gasteiger partial charge is 0.191 e. The average molecular weight is 485 g/mol. The van der Waals surface area contributed by atoms with Crippen molar-refractivity contribution in [3.63, 3.8) is 0 Å². The van der Waals surface area contributed by atoms with Crippen molar-refractivity contribution in [1.82, 2.24) is 15.5 Å². The Morgan fingerprint density at radius 2 is 1.78 bits per heavy atom. The predicted molar refractivity (Wildman–Crippen MR) is 127 cm³/mol. The third-order valence-corrected chi connectivity index (χ3v) is 5.59. The van der Waals surface area contributed by atoms with E-state index in [0.717, 1.165) is 19.0 Å². The van der Waals surface area contributed by atoms with Gasteiger partial charge in [-0.05, 0) is 63.4 Å². The highest BCUT2D eigenvalue weighted by atomic mass is 127. The van der Waals surface area contributed by atoms with Crippen LogP contribution in [0.25, 0.3) is 0 Å². The molecule has 27 heavy (non-hydrogen) atoms. The van der Waals surface area contributed by atoms with Gasteiger partial charge in [0.05, 0.1) is 6.04 Å². The Morgan fingerprint density at radius 1 is 1.07 bits per heavy atom. The molecular formula is C21H36IN5. The van der Waals surface area contributed by atoms with Crippen LogP contribution in [0.2, 0.25) is 0 Å². The Morgan fingerprint density at radius 3 is 2.48 bits per heavy atom. The molecule has 3 rings (SSSR count). The molecule has 2 aliphatic rings. The largest absolute Gasteiger partial charge is 0.372 e. The van der Waals surface area contributed by atoms with E-state index in [9.17, 15) is 0 Å². The number of guanidine groups is 1. The van der Waals surface area contributed by atoms with E-state index in [1.807, 2.05) is 7.05 Å². The number of likely N-dealkylation sites (tertiary alicyclic amines) is 1. The number of piperidine rings is 1. The van der Waals surface area contributed by atoms with Crippen LogP contribution >= 0.6 is 24.0 Å². The van der Waals surface area contributed by atoms with Crippen LogP contribution in [0.3, 0.4) is 0 Å². The fourth-order valence-corrected chi connectivity index (χ4v) is 3.96. The molecule has 1 aromatic carbocycles. The van der Waals surface area contributed by atoms with Crippen molar-refractivity contribution in [2.24, 2.45) is 4.99 Å². The number of aliphatic imine (C=N–C) groups is 1. The van der Waals surface area contributed by atoms with Gasteiger partial charge in [-0.2, -0.15) is 0 Å². The fraction of sp³-hybridized carbons (Fsp3) is 0.667. The van der Waals surface area contributed by atoms with Crippen LogP contribution in [0.5, 0.6) is 0 Å². The molecule has 2 N–H and O–H groups in total. The van der Waals surface area contributed by atoms with Crippen LogP contribution in [0.4, 0.5) is 5.69 Å². The first-order chi connectivity index (χ1) is 12.8. The Bertz CT molecular complexity index is 580. The standard InChI is InChI=1S/C21H35N5.HI/c1-18(19-9-8-10-20(17-19)26-14-6-7-15-26)24-21(22-2)23-11-16-25-12-4-3-5-13-25;/h8-10,17-18H,3-7,11-16H2,1-2H3,(H2,22,23,24);1H. The van der Waals surface area contributed by atoms with Crippen molar-refractivity contribution < 1.29 is 0 Å². The number of rotatable bonds is 6. The van der Waals surface area contributed by atoms with E-state index in [-0.39, 0.29) is 30.0 Å². The molecular weight excluding hydrogens is 449 g/mol. The number of nitrogens with one attached hydrogen (secondary N) is 2. The number of hydrogen-bond donors (Lipinski definition) is 2. The van der Waals surface area contributed by atoms with E-state index in [0.29, 0.717) is 0 Å². The van der Waals surface area contributed by atoms with E-state index in [1.165, 1.54) is 69.5 Å². The van der Waals surface area contributed by atoms with Crippen LogP contribution in [0.15, 0.2) is 29.3 Å². The zero-order valence-electron chi connectivity index (χ0n) is 16.9. The molecule has 0 spiro atoms. The van der Waals surface area contributed by atoms with Gasteiger partial charge in [0.25, 0.3) is 0 Å². The van der Waals surface area contributed by atoms with E-state index in [1.54, 1.807) is 0 Å². The molecule has 0 aromatic heterocycles. The summed E-state index contributed by atoms with van der Waals surface area (Å²) in [5.74, 6) is 0.890. The maximum absolute atomic E-state index is 4.40. The summed E-state index contributed by atoms with van der Waals surface area (Å²) < 4.78 is 0. The first kappa shape index (κ1) is 22.3. The molecule has 152 valence electrons. The topological polar surface area (TPSA) is 42.9 Å². The van der Waals surface area contributed by atoms with Gasteiger partial charge in [-0.25, -0.2) is 0 Å². The Kier molecular flexibility index (Phi) is 9.68. The molecule has 5 nitrogen and oxygen atoms in total. The normalized spacial score (nSPS) is 19.5. The molecule has 2 fully saturated rings. The summed E-state index contributed by atoms with van der Waals surface area (Å²) in [6, 6.07) is 9.17. The molecule has 2 aliphatic heterocycles. The minimum absolute atomic E-state index is 0. The lowest BCUT2D eigenvalue weighted by molar-refractivity contribution is 0.232. The summed E-state index contributed by atoms with van der Waals surface area (Å²) in [5, 5.41) is 7.01. The zero-order chi connectivity index (χ0) is 18.2. The second-order valence-corrected chi connectivity index (χ2v) is 7.56. The van der Waals surface area contributed by atoms with Gasteiger partial charge in [0, 0.05) is 38.9 Å². The van der Waals surface area contributed by atoms with Crippen LogP contribution in [-0.2, 0) is 0 Å². The Balaban J connectivity index is 0.00000261. The highest BCUT2D eigenvalue weighted by Gasteiger charge is 2.15. The van der Waals surface area contributed by atoms with Crippen molar-refractivity contribution in [1.29, 1.82) is 0 Å². The highest BCUT2D eigenvalue weighted by molar-refractivity contribution is 14.0. The first-order valence-electron chi connectivity index (χ1n) is 10.3. The molecule has 0 radical (unpaired) electrons. The lowest BCUT2D eigenvalue weighted by Crippen LogP contribution is -2.43. The average Bonchev–Trinajstić information content (AvgIpc) is 3.23.